The Morgan fingerprint density at radius 1 is 1.03 bits per heavy atom. The first kappa shape index (κ1) is 19.0. The van der Waals surface area contributed by atoms with Gasteiger partial charge >= 0.3 is 6.03 Å². The van der Waals surface area contributed by atoms with E-state index in [2.05, 4.69) is 15.6 Å². The quantitative estimate of drug-likeness (QED) is 0.562. The van der Waals surface area contributed by atoms with Crippen LogP contribution >= 0.6 is 23.2 Å². The molecule has 2 aliphatic rings. The van der Waals surface area contributed by atoms with Gasteiger partial charge < -0.3 is 14.8 Å². The fourth-order valence-corrected chi connectivity index (χ4v) is 4.29. The second kappa shape index (κ2) is 7.70. The van der Waals surface area contributed by atoms with E-state index in [1.807, 2.05) is 30.3 Å². The molecule has 2 heterocycles. The molecule has 1 aliphatic carbocycles. The van der Waals surface area contributed by atoms with E-state index in [-0.39, 0.29) is 23.9 Å². The van der Waals surface area contributed by atoms with Gasteiger partial charge in [0.15, 0.2) is 0 Å². The van der Waals surface area contributed by atoms with E-state index in [0.29, 0.717) is 34.0 Å². The van der Waals surface area contributed by atoms with Crippen LogP contribution in [0, 0.1) is 5.92 Å². The van der Waals surface area contributed by atoms with Crippen molar-refractivity contribution in [2.24, 2.45) is 5.92 Å². The molecule has 1 fully saturated rings. The zero-order chi connectivity index (χ0) is 20.7. The van der Waals surface area contributed by atoms with E-state index >= 15 is 0 Å². The Hall–Kier alpha value is -2.96. The summed E-state index contributed by atoms with van der Waals surface area (Å²) < 4.78 is 11.5. The van der Waals surface area contributed by atoms with Crippen LogP contribution < -0.4 is 20.1 Å². The molecule has 1 aliphatic heterocycles. The van der Waals surface area contributed by atoms with Crippen molar-refractivity contribution in [3.63, 3.8) is 0 Å². The summed E-state index contributed by atoms with van der Waals surface area (Å²) in [5.74, 6) is 2.62. The monoisotopic (exact) mass is 441 g/mol. The molecule has 1 saturated carbocycles. The van der Waals surface area contributed by atoms with Crippen LogP contribution in [0.15, 0.2) is 60.8 Å². The summed E-state index contributed by atoms with van der Waals surface area (Å²) in [5, 5.41) is 6.86. The number of hydrogen-bond acceptors (Lipinski definition) is 4. The van der Waals surface area contributed by atoms with E-state index in [9.17, 15) is 4.79 Å². The Kier molecular flexibility index (Phi) is 4.89. The van der Waals surface area contributed by atoms with Crippen molar-refractivity contribution in [1.29, 1.82) is 0 Å². The lowest BCUT2D eigenvalue weighted by Crippen LogP contribution is -2.32. The molecule has 0 bridgehead atoms. The first-order valence-electron chi connectivity index (χ1n) is 9.47. The van der Waals surface area contributed by atoms with E-state index < -0.39 is 0 Å². The summed E-state index contributed by atoms with van der Waals surface area (Å²) in [4.78, 5) is 16.7. The topological polar surface area (TPSA) is 72.5 Å². The van der Waals surface area contributed by atoms with Gasteiger partial charge in [0.25, 0.3) is 0 Å². The summed E-state index contributed by atoms with van der Waals surface area (Å²) in [6, 6.07) is 15.9. The largest absolute Gasteiger partial charge is 0.491 e. The minimum absolute atomic E-state index is 0.0668. The van der Waals surface area contributed by atoms with Crippen molar-refractivity contribution in [3.05, 3.63) is 76.4 Å². The molecule has 5 rings (SSSR count). The maximum absolute atomic E-state index is 12.5. The van der Waals surface area contributed by atoms with Gasteiger partial charge in [-0.05, 0) is 36.4 Å². The number of aromatic nitrogens is 1. The zero-order valence-electron chi connectivity index (χ0n) is 15.6. The number of halogens is 2. The van der Waals surface area contributed by atoms with Crippen LogP contribution in [0.3, 0.4) is 0 Å². The number of benzene rings is 2. The van der Waals surface area contributed by atoms with Crippen molar-refractivity contribution in [3.8, 4) is 17.2 Å². The van der Waals surface area contributed by atoms with Gasteiger partial charge in [-0.2, -0.15) is 0 Å². The second-order valence-corrected chi connectivity index (χ2v) is 8.01. The number of rotatable bonds is 4. The predicted octanol–water partition coefficient (Wildman–Crippen LogP) is 5.48. The SMILES string of the molecule is O=C(Nc1ccc(Oc2ccccc2)cn1)NC1C2COc3c(Cl)ccc(Cl)c3C21. The van der Waals surface area contributed by atoms with E-state index in [1.165, 1.54) is 0 Å². The normalized spacial score (nSPS) is 20.9. The van der Waals surface area contributed by atoms with Gasteiger partial charge in [0.2, 0.25) is 0 Å². The molecule has 2 amide bonds. The highest BCUT2D eigenvalue weighted by Gasteiger charge is 2.56. The van der Waals surface area contributed by atoms with Crippen LogP contribution in [0.4, 0.5) is 10.6 Å². The van der Waals surface area contributed by atoms with Crippen LogP contribution in [-0.4, -0.2) is 23.7 Å². The van der Waals surface area contributed by atoms with Gasteiger partial charge in [0, 0.05) is 28.5 Å². The third-order valence-electron chi connectivity index (χ3n) is 5.27. The first-order valence-corrected chi connectivity index (χ1v) is 10.2. The Balaban J connectivity index is 1.21. The number of carbonyl (C=O) groups excluding carboxylic acids is 1. The number of anilines is 1. The zero-order valence-corrected chi connectivity index (χ0v) is 17.2. The van der Waals surface area contributed by atoms with Crippen molar-refractivity contribution in [2.45, 2.75) is 12.0 Å². The lowest BCUT2D eigenvalue weighted by Gasteiger charge is -2.18. The highest BCUT2D eigenvalue weighted by molar-refractivity contribution is 6.35. The summed E-state index contributed by atoms with van der Waals surface area (Å²) >= 11 is 12.6. The predicted molar refractivity (Wildman–Crippen MR) is 115 cm³/mol. The molecular weight excluding hydrogens is 425 g/mol. The molecule has 0 spiro atoms. The minimum atomic E-state index is -0.335. The molecule has 3 aromatic rings. The first-order chi connectivity index (χ1) is 14.6. The maximum atomic E-state index is 12.5. The number of ether oxygens (including phenoxy) is 2. The minimum Gasteiger partial charge on any atom is -0.491 e. The average molecular weight is 442 g/mol. The number of carbonyl (C=O) groups is 1. The van der Waals surface area contributed by atoms with Gasteiger partial charge in [-0.3, -0.25) is 5.32 Å². The maximum Gasteiger partial charge on any atom is 0.320 e. The summed E-state index contributed by atoms with van der Waals surface area (Å²) in [7, 11) is 0. The molecule has 30 heavy (non-hydrogen) atoms. The fraction of sp³-hybridized carbons (Fsp3) is 0.182. The number of urea groups is 1. The van der Waals surface area contributed by atoms with Crippen LogP contribution in [0.25, 0.3) is 0 Å². The summed E-state index contributed by atoms with van der Waals surface area (Å²) in [5.41, 5.74) is 0.867. The molecular formula is C22H17Cl2N3O3. The van der Waals surface area contributed by atoms with Crippen LogP contribution in [-0.2, 0) is 0 Å². The van der Waals surface area contributed by atoms with Crippen LogP contribution in [0.5, 0.6) is 17.2 Å². The summed E-state index contributed by atoms with van der Waals surface area (Å²) in [6.45, 7) is 0.493. The second-order valence-electron chi connectivity index (χ2n) is 7.19. The van der Waals surface area contributed by atoms with Gasteiger partial charge in [0.1, 0.15) is 23.1 Å². The average Bonchev–Trinajstić information content (AvgIpc) is 3.45. The number of nitrogens with zero attached hydrogens (tertiary/aromatic N) is 1. The molecule has 1 aromatic heterocycles. The van der Waals surface area contributed by atoms with E-state index in [1.54, 1.807) is 30.5 Å². The third kappa shape index (κ3) is 3.64. The summed E-state index contributed by atoms with van der Waals surface area (Å²) in [6.07, 6.45) is 1.56. The van der Waals surface area contributed by atoms with Crippen LogP contribution in [0.1, 0.15) is 11.5 Å². The Morgan fingerprint density at radius 3 is 2.60 bits per heavy atom. The smallest absolute Gasteiger partial charge is 0.320 e. The molecule has 0 saturated heterocycles. The lowest BCUT2D eigenvalue weighted by molar-refractivity contribution is 0.249. The highest BCUT2D eigenvalue weighted by atomic mass is 35.5. The molecule has 6 nitrogen and oxygen atoms in total. The number of fused-ring (bicyclic) bond motifs is 3. The number of nitrogens with one attached hydrogen (secondary N) is 2. The van der Waals surface area contributed by atoms with Crippen LogP contribution in [0.2, 0.25) is 10.0 Å². The van der Waals surface area contributed by atoms with Gasteiger partial charge in [-0.15, -0.1) is 0 Å². The molecule has 8 heteroatoms. The van der Waals surface area contributed by atoms with E-state index in [0.717, 1.165) is 11.3 Å². The standard InChI is InChI=1S/C22H17Cl2N3O3/c23-15-7-8-16(24)21-19(15)18-14(11-29-21)20(18)27-22(28)26-17-9-6-13(10-25-17)30-12-4-2-1-3-5-12/h1-10,14,18,20H,11H2,(H2,25,26,27,28). The van der Waals surface area contributed by atoms with Gasteiger partial charge in [0.05, 0.1) is 17.8 Å². The van der Waals surface area contributed by atoms with Gasteiger partial charge in [-0.1, -0.05) is 41.4 Å². The molecule has 3 atom stereocenters. The van der Waals surface area contributed by atoms with Crippen molar-refractivity contribution in [2.75, 3.05) is 11.9 Å². The number of amides is 2. The Bertz CT molecular complexity index is 1090. The fourth-order valence-electron chi connectivity index (χ4n) is 3.80. The molecule has 3 unspecified atom stereocenters. The van der Waals surface area contributed by atoms with E-state index in [4.69, 9.17) is 32.7 Å². The van der Waals surface area contributed by atoms with Gasteiger partial charge in [-0.25, -0.2) is 9.78 Å². The highest BCUT2D eigenvalue weighted by Crippen LogP contribution is 2.57. The Morgan fingerprint density at radius 2 is 1.83 bits per heavy atom. The lowest BCUT2D eigenvalue weighted by atomic mass is 10.1. The molecule has 0 radical (unpaired) electrons. The third-order valence-corrected chi connectivity index (χ3v) is 5.90. The van der Waals surface area contributed by atoms with Crippen molar-refractivity contribution < 1.29 is 14.3 Å². The number of hydrogen-bond donors (Lipinski definition) is 2. The Labute approximate surface area is 183 Å². The number of pyridine rings is 1. The number of para-hydroxylation sites is 1. The molecule has 152 valence electrons. The molecule has 2 N–H and O–H groups in total. The van der Waals surface area contributed by atoms with Crippen molar-refractivity contribution >= 4 is 35.1 Å². The molecule has 2 aromatic carbocycles. The van der Waals surface area contributed by atoms with Crippen molar-refractivity contribution in [1.82, 2.24) is 10.3 Å².